The second kappa shape index (κ2) is 7.52. The highest BCUT2D eigenvalue weighted by molar-refractivity contribution is 9.11. The van der Waals surface area contributed by atoms with Gasteiger partial charge in [-0.25, -0.2) is 0 Å². The van der Waals surface area contributed by atoms with E-state index in [-0.39, 0.29) is 11.9 Å². The molecule has 0 saturated carbocycles. The summed E-state index contributed by atoms with van der Waals surface area (Å²) in [5.41, 5.74) is 1.03. The van der Waals surface area contributed by atoms with Crippen LogP contribution in [0.2, 0.25) is 0 Å². The summed E-state index contributed by atoms with van der Waals surface area (Å²) < 4.78 is 1.06. The molecule has 0 aliphatic heterocycles. The second-order valence-electron chi connectivity index (χ2n) is 4.90. The molecular weight excluding hydrogens is 348 g/mol. The monoisotopic (exact) mass is 364 g/mol. The van der Waals surface area contributed by atoms with Crippen molar-refractivity contribution in [1.82, 2.24) is 9.88 Å². The molecule has 0 unspecified atom stereocenters. The zero-order valence-corrected chi connectivity index (χ0v) is 14.4. The first kappa shape index (κ1) is 15.9. The van der Waals surface area contributed by atoms with Crippen molar-refractivity contribution in [3.05, 3.63) is 57.0 Å². The summed E-state index contributed by atoms with van der Waals surface area (Å²) >= 11 is 5.02. The smallest absolute Gasteiger partial charge is 0.247 e. The number of thiophene rings is 1. The number of halogens is 1. The summed E-state index contributed by atoms with van der Waals surface area (Å²) in [6, 6.07) is 7.97. The van der Waals surface area contributed by atoms with Crippen molar-refractivity contribution < 1.29 is 4.79 Å². The Morgan fingerprint density at radius 1 is 1.43 bits per heavy atom. The quantitative estimate of drug-likeness (QED) is 0.738. The summed E-state index contributed by atoms with van der Waals surface area (Å²) in [6.45, 7) is 4.61. The Morgan fingerprint density at radius 2 is 2.24 bits per heavy atom. The normalized spacial score (nSPS) is 11.2. The van der Waals surface area contributed by atoms with Crippen molar-refractivity contribution in [3.63, 3.8) is 0 Å². The van der Waals surface area contributed by atoms with E-state index in [4.69, 9.17) is 0 Å². The number of nitrogens with zero attached hydrogens (tertiary/aromatic N) is 2. The zero-order valence-electron chi connectivity index (χ0n) is 12.0. The van der Waals surface area contributed by atoms with Gasteiger partial charge in [-0.3, -0.25) is 9.78 Å². The van der Waals surface area contributed by atoms with E-state index < -0.39 is 0 Å². The van der Waals surface area contributed by atoms with Crippen molar-refractivity contribution in [3.8, 4) is 0 Å². The van der Waals surface area contributed by atoms with Crippen molar-refractivity contribution in [2.75, 3.05) is 0 Å². The van der Waals surface area contributed by atoms with E-state index in [0.717, 1.165) is 14.2 Å². The third kappa shape index (κ3) is 4.79. The van der Waals surface area contributed by atoms with Crippen LogP contribution in [0.5, 0.6) is 0 Å². The molecule has 0 N–H and O–H groups in total. The van der Waals surface area contributed by atoms with Gasteiger partial charge >= 0.3 is 0 Å². The molecule has 0 spiro atoms. The van der Waals surface area contributed by atoms with Crippen LogP contribution in [0.4, 0.5) is 0 Å². The van der Waals surface area contributed by atoms with Gasteiger partial charge < -0.3 is 4.90 Å². The minimum Gasteiger partial charge on any atom is -0.332 e. The maximum absolute atomic E-state index is 12.4. The van der Waals surface area contributed by atoms with Gasteiger partial charge in [-0.2, -0.15) is 0 Å². The molecule has 2 aromatic heterocycles. The van der Waals surface area contributed by atoms with Crippen LogP contribution in [0.15, 0.2) is 46.5 Å². The fourth-order valence-electron chi connectivity index (χ4n) is 1.87. The lowest BCUT2D eigenvalue weighted by molar-refractivity contribution is -0.128. The molecule has 2 heterocycles. The Labute approximate surface area is 137 Å². The summed E-state index contributed by atoms with van der Waals surface area (Å²) in [4.78, 5) is 19.4. The molecule has 0 fully saturated rings. The number of hydrogen-bond donors (Lipinski definition) is 0. The SMILES string of the molecule is CC(C)N(Cc1cccnc1)C(=O)/C=C/c1ccc(Br)s1. The summed E-state index contributed by atoms with van der Waals surface area (Å²) in [5, 5.41) is 0. The first-order chi connectivity index (χ1) is 10.1. The number of carbonyl (C=O) groups excluding carboxylic acids is 1. The van der Waals surface area contributed by atoms with E-state index in [1.165, 1.54) is 0 Å². The Balaban J connectivity index is 2.07. The predicted octanol–water partition coefficient (Wildman–Crippen LogP) is 4.36. The third-order valence-electron chi connectivity index (χ3n) is 2.97. The fraction of sp³-hybridized carbons (Fsp3) is 0.250. The summed E-state index contributed by atoms with van der Waals surface area (Å²) in [5.74, 6) is 0.0124. The van der Waals surface area contributed by atoms with E-state index in [1.54, 1.807) is 29.8 Å². The molecule has 0 aromatic carbocycles. The molecule has 2 aromatic rings. The van der Waals surface area contributed by atoms with Crippen LogP contribution >= 0.6 is 27.3 Å². The van der Waals surface area contributed by atoms with E-state index in [9.17, 15) is 4.79 Å². The standard InChI is InChI=1S/C16H17BrN2OS/c1-12(2)19(11-13-4-3-9-18-10-13)16(20)8-6-14-5-7-15(17)21-14/h3-10,12H,11H2,1-2H3/b8-6+. The highest BCUT2D eigenvalue weighted by Crippen LogP contribution is 2.23. The van der Waals surface area contributed by atoms with E-state index in [2.05, 4.69) is 20.9 Å². The Hall–Kier alpha value is -1.46. The molecule has 3 nitrogen and oxygen atoms in total. The highest BCUT2D eigenvalue weighted by atomic mass is 79.9. The highest BCUT2D eigenvalue weighted by Gasteiger charge is 2.15. The molecule has 0 atom stereocenters. The fourth-order valence-corrected chi connectivity index (χ4v) is 3.20. The van der Waals surface area contributed by atoms with Gasteiger partial charge in [0.25, 0.3) is 0 Å². The number of rotatable bonds is 5. The second-order valence-corrected chi connectivity index (χ2v) is 7.39. The first-order valence-electron chi connectivity index (χ1n) is 6.69. The lowest BCUT2D eigenvalue weighted by atomic mass is 10.2. The van der Waals surface area contributed by atoms with E-state index in [0.29, 0.717) is 6.54 Å². The molecule has 21 heavy (non-hydrogen) atoms. The topological polar surface area (TPSA) is 33.2 Å². The van der Waals surface area contributed by atoms with Crippen molar-refractivity contribution >= 4 is 39.2 Å². The van der Waals surface area contributed by atoms with Gasteiger partial charge in [0.15, 0.2) is 0 Å². The molecule has 0 aliphatic carbocycles. The van der Waals surface area contributed by atoms with Crippen LogP contribution in [-0.2, 0) is 11.3 Å². The molecular formula is C16H17BrN2OS. The Kier molecular flexibility index (Phi) is 5.70. The first-order valence-corrected chi connectivity index (χ1v) is 8.30. The van der Waals surface area contributed by atoms with Crippen molar-refractivity contribution in [2.24, 2.45) is 0 Å². The van der Waals surface area contributed by atoms with Gasteiger partial charge in [-0.05, 0) is 59.6 Å². The molecule has 0 radical (unpaired) electrons. The molecule has 2 rings (SSSR count). The molecule has 0 aliphatic rings. The van der Waals surface area contributed by atoms with Crippen molar-refractivity contribution in [1.29, 1.82) is 0 Å². The largest absolute Gasteiger partial charge is 0.332 e. The summed E-state index contributed by atoms with van der Waals surface area (Å²) in [7, 11) is 0. The van der Waals surface area contributed by atoms with Gasteiger partial charge in [0.2, 0.25) is 5.91 Å². The van der Waals surface area contributed by atoms with Crippen LogP contribution < -0.4 is 0 Å². The molecule has 110 valence electrons. The number of hydrogen-bond acceptors (Lipinski definition) is 3. The third-order valence-corrected chi connectivity index (χ3v) is 4.56. The number of amides is 1. The lowest BCUT2D eigenvalue weighted by Gasteiger charge is -2.25. The Morgan fingerprint density at radius 3 is 2.81 bits per heavy atom. The lowest BCUT2D eigenvalue weighted by Crippen LogP contribution is -2.35. The van der Waals surface area contributed by atoms with E-state index >= 15 is 0 Å². The molecule has 5 heteroatoms. The predicted molar refractivity (Wildman–Crippen MR) is 91.0 cm³/mol. The van der Waals surface area contributed by atoms with Gasteiger partial charge in [-0.1, -0.05) is 6.07 Å². The maximum atomic E-state index is 12.4. The molecule has 1 amide bonds. The molecule has 0 bridgehead atoms. The van der Waals surface area contributed by atoms with Crippen LogP contribution in [0.1, 0.15) is 24.3 Å². The average molecular weight is 365 g/mol. The zero-order chi connectivity index (χ0) is 15.2. The number of pyridine rings is 1. The molecule has 0 saturated heterocycles. The van der Waals surface area contributed by atoms with Gasteiger partial charge in [0.1, 0.15) is 0 Å². The van der Waals surface area contributed by atoms with Gasteiger partial charge in [0.05, 0.1) is 3.79 Å². The minimum atomic E-state index is 0.0124. The van der Waals surface area contributed by atoms with Gasteiger partial charge in [0, 0.05) is 35.9 Å². The van der Waals surface area contributed by atoms with E-state index in [1.807, 2.05) is 49.1 Å². The van der Waals surface area contributed by atoms with Crippen molar-refractivity contribution in [2.45, 2.75) is 26.4 Å². The van der Waals surface area contributed by atoms with Crippen LogP contribution in [0, 0.1) is 0 Å². The number of carbonyl (C=O) groups is 1. The Bertz CT molecular complexity index is 622. The van der Waals surface area contributed by atoms with Crippen LogP contribution in [-0.4, -0.2) is 21.8 Å². The van der Waals surface area contributed by atoms with Gasteiger partial charge in [-0.15, -0.1) is 11.3 Å². The van der Waals surface area contributed by atoms with Crippen LogP contribution in [0.25, 0.3) is 6.08 Å². The maximum Gasteiger partial charge on any atom is 0.247 e. The average Bonchev–Trinajstić information content (AvgIpc) is 2.89. The van der Waals surface area contributed by atoms with Crippen LogP contribution in [0.3, 0.4) is 0 Å². The minimum absolute atomic E-state index is 0.0124. The summed E-state index contributed by atoms with van der Waals surface area (Å²) in [6.07, 6.45) is 7.02. The number of aromatic nitrogens is 1.